The molecule has 7 rings (SSSR count). The third-order valence-corrected chi connectivity index (χ3v) is 8.51. The van der Waals surface area contributed by atoms with Gasteiger partial charge in [0, 0.05) is 29.2 Å². The molecule has 1 atom stereocenters. The number of carbonyl (C=O) groups is 1. The SMILES string of the molecule is CCOC(=O)C1=C(C)N=c2s/c(=C\c3cn(Cc4ccccc4)c4ccccc34)c(=O)n2[C@H]1c1ccc2c(c1)OCO2. The summed E-state index contributed by atoms with van der Waals surface area (Å²) in [6.45, 7) is 4.58. The average molecular weight is 578 g/mol. The maximum atomic E-state index is 14.1. The number of hydrogen-bond donors (Lipinski definition) is 0. The average Bonchev–Trinajstić information content (AvgIpc) is 3.69. The van der Waals surface area contributed by atoms with Gasteiger partial charge in [0.2, 0.25) is 6.79 Å². The van der Waals surface area contributed by atoms with Crippen LogP contribution in [0.25, 0.3) is 17.0 Å². The van der Waals surface area contributed by atoms with E-state index in [-0.39, 0.29) is 19.0 Å². The van der Waals surface area contributed by atoms with Gasteiger partial charge in [-0.05, 0) is 49.2 Å². The Kier molecular flexibility index (Phi) is 6.51. The molecule has 0 spiro atoms. The molecule has 2 aliphatic heterocycles. The number of ether oxygens (including phenoxy) is 3. The van der Waals surface area contributed by atoms with Gasteiger partial charge in [0.05, 0.1) is 28.5 Å². The summed E-state index contributed by atoms with van der Waals surface area (Å²) >= 11 is 1.31. The highest BCUT2D eigenvalue weighted by molar-refractivity contribution is 7.07. The van der Waals surface area contributed by atoms with Crippen molar-refractivity contribution in [2.45, 2.75) is 26.4 Å². The fourth-order valence-corrected chi connectivity index (χ4v) is 6.67. The summed E-state index contributed by atoms with van der Waals surface area (Å²) in [7, 11) is 0. The van der Waals surface area contributed by atoms with E-state index in [1.54, 1.807) is 24.5 Å². The standard InChI is InChI=1S/C33H27N3O5S/c1-3-39-32(38)29-20(2)34-33-36(30(29)22-13-14-26-27(15-22)41-19-40-26)31(37)28(42-33)16-23-18-35(17-21-9-5-4-6-10-21)25-12-8-7-11-24(23)25/h4-16,18,30H,3,17,19H2,1-2H3/b28-16-/t30-/m0/s1. The monoisotopic (exact) mass is 577 g/mol. The number of benzene rings is 3. The van der Waals surface area contributed by atoms with Crippen LogP contribution in [0.5, 0.6) is 11.5 Å². The number of nitrogens with zero attached hydrogens (tertiary/aromatic N) is 3. The molecule has 0 saturated heterocycles. The van der Waals surface area contributed by atoms with Crippen molar-refractivity contribution in [1.82, 2.24) is 9.13 Å². The van der Waals surface area contributed by atoms with Crippen molar-refractivity contribution in [3.63, 3.8) is 0 Å². The number of para-hydroxylation sites is 1. The van der Waals surface area contributed by atoms with Crippen LogP contribution < -0.4 is 24.4 Å². The number of rotatable bonds is 6. The first-order chi connectivity index (χ1) is 20.5. The molecule has 210 valence electrons. The summed E-state index contributed by atoms with van der Waals surface area (Å²) in [5.41, 5.74) is 4.54. The first kappa shape index (κ1) is 26.0. The van der Waals surface area contributed by atoms with E-state index in [0.29, 0.717) is 44.2 Å². The van der Waals surface area contributed by atoms with Gasteiger partial charge in [-0.2, -0.15) is 0 Å². The lowest BCUT2D eigenvalue weighted by atomic mass is 9.95. The minimum atomic E-state index is -0.726. The van der Waals surface area contributed by atoms with Crippen LogP contribution in [0.1, 0.15) is 36.6 Å². The van der Waals surface area contributed by atoms with E-state index in [1.807, 2.05) is 48.5 Å². The third-order valence-electron chi connectivity index (χ3n) is 7.53. The predicted octanol–water partition coefficient (Wildman–Crippen LogP) is 4.53. The smallest absolute Gasteiger partial charge is 0.338 e. The maximum Gasteiger partial charge on any atom is 0.338 e. The molecule has 0 saturated carbocycles. The van der Waals surface area contributed by atoms with E-state index in [0.717, 1.165) is 16.5 Å². The summed E-state index contributed by atoms with van der Waals surface area (Å²) in [6.07, 6.45) is 4.01. The first-order valence-electron chi connectivity index (χ1n) is 13.7. The summed E-state index contributed by atoms with van der Waals surface area (Å²) < 4.78 is 20.9. The second kappa shape index (κ2) is 10.5. The van der Waals surface area contributed by atoms with Crippen molar-refractivity contribution < 1.29 is 19.0 Å². The van der Waals surface area contributed by atoms with Crippen LogP contribution in [-0.2, 0) is 16.1 Å². The molecule has 0 fully saturated rings. The molecule has 5 aromatic rings. The molecule has 2 aliphatic rings. The Morgan fingerprint density at radius 2 is 1.86 bits per heavy atom. The van der Waals surface area contributed by atoms with E-state index in [4.69, 9.17) is 19.2 Å². The van der Waals surface area contributed by atoms with Crippen molar-refractivity contribution in [3.05, 3.63) is 127 Å². The van der Waals surface area contributed by atoms with Gasteiger partial charge < -0.3 is 18.8 Å². The number of esters is 1. The van der Waals surface area contributed by atoms with Gasteiger partial charge in [-0.25, -0.2) is 9.79 Å². The van der Waals surface area contributed by atoms with Crippen molar-refractivity contribution in [2.24, 2.45) is 4.99 Å². The first-order valence-corrected chi connectivity index (χ1v) is 14.5. The molecule has 2 aromatic heterocycles. The van der Waals surface area contributed by atoms with Crippen LogP contribution in [0.15, 0.2) is 100 Å². The van der Waals surface area contributed by atoms with Crippen molar-refractivity contribution in [3.8, 4) is 11.5 Å². The molecule has 0 aliphatic carbocycles. The van der Waals surface area contributed by atoms with E-state index >= 15 is 0 Å². The zero-order valence-electron chi connectivity index (χ0n) is 23.1. The van der Waals surface area contributed by atoms with Crippen LogP contribution in [-0.4, -0.2) is 28.5 Å². The summed E-state index contributed by atoms with van der Waals surface area (Å²) in [5, 5.41) is 1.05. The second-order valence-corrected chi connectivity index (χ2v) is 11.1. The minimum Gasteiger partial charge on any atom is -0.463 e. The van der Waals surface area contributed by atoms with Crippen LogP contribution >= 0.6 is 11.3 Å². The van der Waals surface area contributed by atoms with Gasteiger partial charge in [-0.3, -0.25) is 9.36 Å². The Labute approximate surface area is 245 Å². The second-order valence-electron chi connectivity index (χ2n) is 10.1. The normalized spacial score (nSPS) is 16.0. The Hall–Kier alpha value is -4.89. The van der Waals surface area contributed by atoms with Crippen LogP contribution in [0.2, 0.25) is 0 Å². The quantitative estimate of drug-likeness (QED) is 0.277. The molecule has 0 bridgehead atoms. The number of carbonyl (C=O) groups excluding carboxylic acids is 1. The number of hydrogen-bond acceptors (Lipinski definition) is 7. The van der Waals surface area contributed by atoms with Gasteiger partial charge in [-0.1, -0.05) is 65.9 Å². The van der Waals surface area contributed by atoms with Crippen molar-refractivity contribution >= 4 is 34.3 Å². The minimum absolute atomic E-state index is 0.124. The van der Waals surface area contributed by atoms with E-state index < -0.39 is 12.0 Å². The van der Waals surface area contributed by atoms with Crippen molar-refractivity contribution in [1.29, 1.82) is 0 Å². The lowest BCUT2D eigenvalue weighted by Crippen LogP contribution is -2.39. The molecule has 4 heterocycles. The molecular weight excluding hydrogens is 550 g/mol. The lowest BCUT2D eigenvalue weighted by molar-refractivity contribution is -0.139. The molecule has 0 amide bonds. The van der Waals surface area contributed by atoms with Gasteiger partial charge in [0.15, 0.2) is 16.3 Å². The van der Waals surface area contributed by atoms with Gasteiger partial charge in [0.1, 0.15) is 0 Å². The van der Waals surface area contributed by atoms with Crippen LogP contribution in [0.4, 0.5) is 0 Å². The highest BCUT2D eigenvalue weighted by Crippen LogP contribution is 2.38. The Balaban J connectivity index is 1.39. The predicted molar refractivity (Wildman–Crippen MR) is 160 cm³/mol. The highest BCUT2D eigenvalue weighted by Gasteiger charge is 2.34. The molecule has 42 heavy (non-hydrogen) atoms. The van der Waals surface area contributed by atoms with E-state index in [9.17, 15) is 9.59 Å². The topological polar surface area (TPSA) is 84.1 Å². The Bertz CT molecular complexity index is 2070. The molecule has 0 unspecified atom stereocenters. The van der Waals surface area contributed by atoms with E-state index in [2.05, 4.69) is 35.0 Å². The molecule has 8 nitrogen and oxygen atoms in total. The number of allylic oxidation sites excluding steroid dienone is 1. The Morgan fingerprint density at radius 3 is 2.69 bits per heavy atom. The van der Waals surface area contributed by atoms with Crippen LogP contribution in [0.3, 0.4) is 0 Å². The fraction of sp³-hybridized carbons (Fsp3) is 0.182. The van der Waals surface area contributed by atoms with Gasteiger partial charge >= 0.3 is 5.97 Å². The van der Waals surface area contributed by atoms with E-state index in [1.165, 1.54) is 16.9 Å². The molecule has 3 aromatic carbocycles. The summed E-state index contributed by atoms with van der Waals surface area (Å²) in [5.74, 6) is 0.690. The largest absolute Gasteiger partial charge is 0.463 e. The van der Waals surface area contributed by atoms with Gasteiger partial charge in [0.25, 0.3) is 5.56 Å². The highest BCUT2D eigenvalue weighted by atomic mass is 32.1. The lowest BCUT2D eigenvalue weighted by Gasteiger charge is -2.24. The molecule has 0 N–H and O–H groups in total. The molecular formula is C33H27N3O5S. The number of fused-ring (bicyclic) bond motifs is 3. The molecule has 9 heteroatoms. The van der Waals surface area contributed by atoms with Crippen LogP contribution in [0, 0.1) is 0 Å². The fourth-order valence-electron chi connectivity index (χ4n) is 5.63. The molecule has 0 radical (unpaired) electrons. The van der Waals surface area contributed by atoms with Gasteiger partial charge in [-0.15, -0.1) is 0 Å². The third kappa shape index (κ3) is 4.42. The zero-order valence-corrected chi connectivity index (χ0v) is 23.9. The summed E-state index contributed by atoms with van der Waals surface area (Å²) in [4.78, 5) is 32.6. The maximum absolute atomic E-state index is 14.1. The Morgan fingerprint density at radius 1 is 1.07 bits per heavy atom. The zero-order chi connectivity index (χ0) is 28.8. The van der Waals surface area contributed by atoms with Crippen molar-refractivity contribution in [2.75, 3.05) is 13.4 Å². The number of thiazole rings is 1. The number of aromatic nitrogens is 2. The summed E-state index contributed by atoms with van der Waals surface area (Å²) in [6, 6.07) is 23.2.